The van der Waals surface area contributed by atoms with Gasteiger partial charge in [0.25, 0.3) is 0 Å². The maximum Gasteiger partial charge on any atom is 0.0620 e. The van der Waals surface area contributed by atoms with Gasteiger partial charge >= 0.3 is 0 Å². The van der Waals surface area contributed by atoms with Crippen LogP contribution in [-0.4, -0.2) is 6.54 Å². The molecule has 0 aliphatic heterocycles. The molecule has 94 valence electrons. The van der Waals surface area contributed by atoms with Gasteiger partial charge in [0.1, 0.15) is 0 Å². The first-order valence-electron chi connectivity index (χ1n) is 6.54. The Hall–Kier alpha value is -0.860. The lowest BCUT2D eigenvalue weighted by Gasteiger charge is -2.00. The first-order valence-corrected chi connectivity index (χ1v) is 6.54. The molecular weight excluding hydrogens is 198 g/mol. The Labute approximate surface area is 100 Å². The average molecular weight is 225 g/mol. The molecule has 0 aromatic carbocycles. The van der Waals surface area contributed by atoms with Gasteiger partial charge < -0.3 is 0 Å². The standard InChI is InChI=1S/C13H27N3/c1-4-5-8-11-14-16-15-12-9-6-7-10-13(2)3/h9,12-13H,4-8,10-11H2,1-3H3,(H,14,15)/b12-9+. The molecule has 0 amide bonds. The molecular formula is C13H27N3. The summed E-state index contributed by atoms with van der Waals surface area (Å²) in [6.45, 7) is 7.54. The SMILES string of the molecule is CCCCCN=NN/C=C/CCCC(C)C. The largest absolute Gasteiger partial charge is 0.268 e. The monoisotopic (exact) mass is 225 g/mol. The van der Waals surface area contributed by atoms with Crippen molar-refractivity contribution in [1.29, 1.82) is 0 Å². The van der Waals surface area contributed by atoms with Gasteiger partial charge in [-0.1, -0.05) is 51.3 Å². The maximum atomic E-state index is 4.02. The van der Waals surface area contributed by atoms with Gasteiger partial charge in [0.2, 0.25) is 0 Å². The van der Waals surface area contributed by atoms with Crippen molar-refractivity contribution in [2.45, 2.75) is 59.3 Å². The predicted molar refractivity (Wildman–Crippen MR) is 70.2 cm³/mol. The molecule has 0 fully saturated rings. The van der Waals surface area contributed by atoms with Crippen LogP contribution in [0.5, 0.6) is 0 Å². The zero-order valence-electron chi connectivity index (χ0n) is 11.1. The molecule has 0 atom stereocenters. The van der Waals surface area contributed by atoms with Gasteiger partial charge in [-0.15, -0.1) is 0 Å². The van der Waals surface area contributed by atoms with Crippen molar-refractivity contribution < 1.29 is 0 Å². The minimum atomic E-state index is 0.805. The summed E-state index contributed by atoms with van der Waals surface area (Å²) >= 11 is 0. The lowest BCUT2D eigenvalue weighted by atomic mass is 10.1. The third-order valence-electron chi connectivity index (χ3n) is 2.33. The van der Waals surface area contributed by atoms with Crippen LogP contribution < -0.4 is 5.43 Å². The molecule has 0 bridgehead atoms. The molecule has 3 heteroatoms. The minimum Gasteiger partial charge on any atom is -0.268 e. The Morgan fingerprint density at radius 2 is 2.00 bits per heavy atom. The van der Waals surface area contributed by atoms with Crippen molar-refractivity contribution in [2.24, 2.45) is 16.3 Å². The Balaban J connectivity index is 3.20. The van der Waals surface area contributed by atoms with E-state index in [0.29, 0.717) is 0 Å². The minimum absolute atomic E-state index is 0.805. The summed E-state index contributed by atoms with van der Waals surface area (Å²) in [5, 5.41) is 7.88. The fourth-order valence-corrected chi connectivity index (χ4v) is 1.34. The molecule has 0 saturated carbocycles. The van der Waals surface area contributed by atoms with Gasteiger partial charge in [-0.25, -0.2) is 0 Å². The van der Waals surface area contributed by atoms with E-state index in [1.54, 1.807) is 0 Å². The van der Waals surface area contributed by atoms with Crippen LogP contribution in [0.2, 0.25) is 0 Å². The molecule has 16 heavy (non-hydrogen) atoms. The van der Waals surface area contributed by atoms with Crippen LogP contribution in [0.4, 0.5) is 0 Å². The summed E-state index contributed by atoms with van der Waals surface area (Å²) in [7, 11) is 0. The highest BCUT2D eigenvalue weighted by molar-refractivity contribution is 4.77. The van der Waals surface area contributed by atoms with Gasteiger partial charge in [-0.2, -0.15) is 5.11 Å². The van der Waals surface area contributed by atoms with Gasteiger partial charge in [-0.3, -0.25) is 5.43 Å². The van der Waals surface area contributed by atoms with Crippen molar-refractivity contribution in [3.05, 3.63) is 12.3 Å². The summed E-state index contributed by atoms with van der Waals surface area (Å²) in [5.41, 5.74) is 2.83. The van der Waals surface area contributed by atoms with Crippen LogP contribution >= 0.6 is 0 Å². The van der Waals surface area contributed by atoms with E-state index in [4.69, 9.17) is 0 Å². The van der Waals surface area contributed by atoms with Crippen molar-refractivity contribution >= 4 is 0 Å². The normalized spacial score (nSPS) is 12.0. The highest BCUT2D eigenvalue weighted by Gasteiger charge is 1.90. The van der Waals surface area contributed by atoms with E-state index in [0.717, 1.165) is 25.3 Å². The molecule has 0 rings (SSSR count). The summed E-state index contributed by atoms with van der Waals surface area (Å²) in [6, 6.07) is 0. The third-order valence-corrected chi connectivity index (χ3v) is 2.33. The van der Waals surface area contributed by atoms with Crippen LogP contribution in [0.15, 0.2) is 22.6 Å². The van der Waals surface area contributed by atoms with Gasteiger partial charge in [0.15, 0.2) is 0 Å². The first kappa shape index (κ1) is 15.1. The van der Waals surface area contributed by atoms with Crippen molar-refractivity contribution in [3.8, 4) is 0 Å². The number of hydrogen-bond donors (Lipinski definition) is 1. The van der Waals surface area contributed by atoms with E-state index >= 15 is 0 Å². The molecule has 0 unspecified atom stereocenters. The predicted octanol–water partition coefficient (Wildman–Crippen LogP) is 4.47. The average Bonchev–Trinajstić information content (AvgIpc) is 2.25. The Morgan fingerprint density at radius 1 is 1.19 bits per heavy atom. The molecule has 3 nitrogen and oxygen atoms in total. The zero-order valence-corrected chi connectivity index (χ0v) is 11.1. The Kier molecular flexibility index (Phi) is 11.6. The fraction of sp³-hybridized carbons (Fsp3) is 0.846. The number of unbranched alkanes of at least 4 members (excludes halogenated alkanes) is 3. The first-order chi connectivity index (χ1) is 7.77. The van der Waals surface area contributed by atoms with E-state index in [9.17, 15) is 0 Å². The number of rotatable bonds is 10. The summed E-state index contributed by atoms with van der Waals surface area (Å²) in [6.07, 6.45) is 11.3. The Morgan fingerprint density at radius 3 is 2.69 bits per heavy atom. The number of hydrogen-bond acceptors (Lipinski definition) is 2. The van der Waals surface area contributed by atoms with Gasteiger partial charge in [0, 0.05) is 6.20 Å². The van der Waals surface area contributed by atoms with Crippen LogP contribution in [0.25, 0.3) is 0 Å². The quantitative estimate of drug-likeness (QED) is 0.332. The van der Waals surface area contributed by atoms with Crippen LogP contribution in [0.3, 0.4) is 0 Å². The van der Waals surface area contributed by atoms with E-state index < -0.39 is 0 Å². The fourth-order valence-electron chi connectivity index (χ4n) is 1.34. The highest BCUT2D eigenvalue weighted by Crippen LogP contribution is 2.05. The van der Waals surface area contributed by atoms with E-state index in [-0.39, 0.29) is 0 Å². The second-order valence-corrected chi connectivity index (χ2v) is 4.53. The lowest BCUT2D eigenvalue weighted by Crippen LogP contribution is -1.92. The van der Waals surface area contributed by atoms with E-state index in [2.05, 4.69) is 42.6 Å². The molecule has 0 spiro atoms. The number of nitrogens with zero attached hydrogens (tertiary/aromatic N) is 2. The molecule has 0 aromatic rings. The Bertz CT molecular complexity index is 186. The number of nitrogens with one attached hydrogen (secondary N) is 1. The molecule has 1 N–H and O–H groups in total. The molecule has 0 aliphatic carbocycles. The second-order valence-electron chi connectivity index (χ2n) is 4.53. The summed E-state index contributed by atoms with van der Waals surface area (Å²) < 4.78 is 0. The number of allylic oxidation sites excluding steroid dienone is 1. The summed E-state index contributed by atoms with van der Waals surface area (Å²) in [4.78, 5) is 0. The van der Waals surface area contributed by atoms with Gasteiger partial charge in [-0.05, 0) is 25.2 Å². The van der Waals surface area contributed by atoms with Crippen molar-refractivity contribution in [1.82, 2.24) is 5.43 Å². The van der Waals surface area contributed by atoms with Crippen LogP contribution in [0.1, 0.15) is 59.3 Å². The molecule has 0 aromatic heterocycles. The topological polar surface area (TPSA) is 36.8 Å². The molecule has 0 aliphatic rings. The highest BCUT2D eigenvalue weighted by atomic mass is 15.4. The molecule has 0 radical (unpaired) electrons. The zero-order chi connectivity index (χ0) is 12.1. The van der Waals surface area contributed by atoms with Crippen molar-refractivity contribution in [2.75, 3.05) is 6.54 Å². The van der Waals surface area contributed by atoms with E-state index in [1.807, 2.05) is 6.20 Å². The third kappa shape index (κ3) is 13.1. The van der Waals surface area contributed by atoms with E-state index in [1.165, 1.54) is 25.7 Å². The smallest absolute Gasteiger partial charge is 0.0620 e. The lowest BCUT2D eigenvalue weighted by molar-refractivity contribution is 0.559. The molecule has 0 heterocycles. The van der Waals surface area contributed by atoms with Gasteiger partial charge in [0.05, 0.1) is 6.54 Å². The second kappa shape index (κ2) is 12.2. The molecule has 0 saturated heterocycles. The van der Waals surface area contributed by atoms with Crippen LogP contribution in [0, 0.1) is 5.92 Å². The van der Waals surface area contributed by atoms with Crippen LogP contribution in [-0.2, 0) is 0 Å². The van der Waals surface area contributed by atoms with Crippen molar-refractivity contribution in [3.63, 3.8) is 0 Å². The summed E-state index contributed by atoms with van der Waals surface area (Å²) in [5.74, 6) is 0.805. The maximum absolute atomic E-state index is 4.02.